The fraction of sp³-hybridized carbons (Fsp3) is 0.360. The monoisotopic (exact) mass is 540 g/mol. The number of carbonyl (C=O) groups excluding carboxylic acids is 3. The molecule has 7 nitrogen and oxygen atoms in total. The van der Waals surface area contributed by atoms with Crippen LogP contribution in [-0.2, 0) is 14.4 Å². The number of alkyl halides is 4. The maximum absolute atomic E-state index is 13.2. The van der Waals surface area contributed by atoms with E-state index >= 15 is 0 Å². The Morgan fingerprint density at radius 3 is 2.41 bits per heavy atom. The number of benzodiazepines with no additional fused rings is 1. The van der Waals surface area contributed by atoms with Gasteiger partial charge in [-0.25, -0.2) is 4.99 Å². The normalized spacial score (nSPS) is 17.1. The largest absolute Gasteiger partial charge is 0.389 e. The topological polar surface area (TPSA) is 114 Å². The summed E-state index contributed by atoms with van der Waals surface area (Å²) in [4.78, 5) is 42.7. The van der Waals surface area contributed by atoms with Crippen LogP contribution in [0.25, 0.3) is 0 Å². The molecule has 2 aromatic rings. The number of aliphatic imine (C=N–C) groups is 1. The first kappa shape index (κ1) is 28.1. The van der Waals surface area contributed by atoms with Crippen molar-refractivity contribution in [3.05, 3.63) is 64.7 Å². The summed E-state index contributed by atoms with van der Waals surface area (Å²) >= 11 is 6.30. The van der Waals surface area contributed by atoms with Gasteiger partial charge in [0.05, 0.1) is 23.1 Å². The SMILES string of the molecule is NC(=O)C(CCCF)C(CCC(F)(F)F)C(=O)NC1N=C(c2ccccc2)c2cccc(Cl)c2NC1=O. The molecule has 198 valence electrons. The Kier molecular flexibility index (Phi) is 9.25. The molecule has 3 atom stereocenters. The summed E-state index contributed by atoms with van der Waals surface area (Å²) in [5.74, 6) is -5.77. The first-order valence-electron chi connectivity index (χ1n) is 11.5. The molecule has 2 aromatic carbocycles. The van der Waals surface area contributed by atoms with Gasteiger partial charge in [0.1, 0.15) is 0 Å². The standard InChI is InChI=1S/C25H25ClF4N4O3/c26-18-10-4-8-17-19(14-6-2-1-3-7-14)32-22(24(37)33-20(17)18)34-23(36)16(11-12-25(28,29)30)15(21(31)35)9-5-13-27/h1-4,6-8,10,15-16,22H,5,9,11-13H2,(H2,31,35)(H,33,37)(H,34,36). The van der Waals surface area contributed by atoms with Crippen molar-refractivity contribution < 1.29 is 31.9 Å². The number of fused-ring (bicyclic) bond motifs is 1. The lowest BCUT2D eigenvalue weighted by molar-refractivity contribution is -0.146. The number of rotatable bonds is 10. The third kappa shape index (κ3) is 7.28. The van der Waals surface area contributed by atoms with Crippen LogP contribution in [0, 0.1) is 11.8 Å². The number of nitrogens with one attached hydrogen (secondary N) is 2. The highest BCUT2D eigenvalue weighted by molar-refractivity contribution is 6.36. The first-order chi connectivity index (χ1) is 17.5. The predicted octanol–water partition coefficient (Wildman–Crippen LogP) is 4.38. The van der Waals surface area contributed by atoms with E-state index < -0.39 is 61.4 Å². The summed E-state index contributed by atoms with van der Waals surface area (Å²) in [7, 11) is 0. The molecule has 0 bridgehead atoms. The molecule has 37 heavy (non-hydrogen) atoms. The lowest BCUT2D eigenvalue weighted by Gasteiger charge is -2.25. The minimum absolute atomic E-state index is 0.169. The molecule has 3 unspecified atom stereocenters. The third-order valence-electron chi connectivity index (χ3n) is 5.93. The molecule has 0 aromatic heterocycles. The van der Waals surface area contributed by atoms with Gasteiger partial charge >= 0.3 is 6.18 Å². The van der Waals surface area contributed by atoms with Crippen LogP contribution in [0.3, 0.4) is 0 Å². The van der Waals surface area contributed by atoms with Gasteiger partial charge in [-0.2, -0.15) is 13.2 Å². The summed E-state index contributed by atoms with van der Waals surface area (Å²) in [5.41, 5.74) is 6.98. The molecule has 1 aliphatic rings. The molecule has 0 saturated heterocycles. The number of hydrogen-bond donors (Lipinski definition) is 3. The number of hydrogen-bond acceptors (Lipinski definition) is 4. The molecule has 3 amide bonds. The van der Waals surface area contributed by atoms with E-state index in [1.807, 2.05) is 0 Å². The van der Waals surface area contributed by atoms with Gasteiger partial charge in [0.25, 0.3) is 5.91 Å². The van der Waals surface area contributed by atoms with E-state index in [0.717, 1.165) is 0 Å². The Morgan fingerprint density at radius 1 is 1.08 bits per heavy atom. The predicted molar refractivity (Wildman–Crippen MR) is 131 cm³/mol. The summed E-state index contributed by atoms with van der Waals surface area (Å²) in [6.07, 6.45) is -8.71. The number of nitrogens with zero attached hydrogens (tertiary/aromatic N) is 1. The summed E-state index contributed by atoms with van der Waals surface area (Å²) in [6, 6.07) is 13.6. The van der Waals surface area contributed by atoms with E-state index in [4.69, 9.17) is 17.3 Å². The zero-order chi connectivity index (χ0) is 27.2. The second-order valence-corrected chi connectivity index (χ2v) is 8.91. The minimum atomic E-state index is -4.61. The maximum Gasteiger partial charge on any atom is 0.389 e. The zero-order valence-corrected chi connectivity index (χ0v) is 20.3. The van der Waals surface area contributed by atoms with Crippen LogP contribution >= 0.6 is 11.6 Å². The van der Waals surface area contributed by atoms with Crippen molar-refractivity contribution in [2.75, 3.05) is 12.0 Å². The highest BCUT2D eigenvalue weighted by Crippen LogP contribution is 2.32. The highest BCUT2D eigenvalue weighted by atomic mass is 35.5. The Morgan fingerprint density at radius 2 is 1.78 bits per heavy atom. The maximum atomic E-state index is 13.2. The Balaban J connectivity index is 1.99. The molecular weight excluding hydrogens is 516 g/mol. The number of carbonyl (C=O) groups is 3. The molecule has 12 heteroatoms. The number of anilines is 1. The molecule has 1 aliphatic heterocycles. The Hall–Kier alpha value is -3.47. The van der Waals surface area contributed by atoms with E-state index in [1.54, 1.807) is 48.5 Å². The molecule has 0 saturated carbocycles. The molecule has 0 spiro atoms. The average molecular weight is 541 g/mol. The molecule has 0 fully saturated rings. The van der Waals surface area contributed by atoms with E-state index in [0.29, 0.717) is 16.8 Å². The lowest BCUT2D eigenvalue weighted by Crippen LogP contribution is -2.48. The average Bonchev–Trinajstić information content (AvgIpc) is 2.98. The van der Waals surface area contributed by atoms with Gasteiger partial charge < -0.3 is 16.4 Å². The Labute approximate surface area is 215 Å². The van der Waals surface area contributed by atoms with Crippen molar-refractivity contribution in [1.29, 1.82) is 0 Å². The molecule has 3 rings (SSSR count). The number of amides is 3. The van der Waals surface area contributed by atoms with Gasteiger partial charge in [0.15, 0.2) is 0 Å². The number of nitrogens with two attached hydrogens (primary N) is 1. The zero-order valence-electron chi connectivity index (χ0n) is 19.5. The van der Waals surface area contributed by atoms with Crippen LogP contribution in [0.2, 0.25) is 5.02 Å². The first-order valence-corrected chi connectivity index (χ1v) is 11.8. The van der Waals surface area contributed by atoms with Gasteiger partial charge in [-0.15, -0.1) is 0 Å². The van der Waals surface area contributed by atoms with Crippen molar-refractivity contribution in [3.8, 4) is 0 Å². The molecule has 0 radical (unpaired) electrons. The number of para-hydroxylation sites is 1. The van der Waals surface area contributed by atoms with Gasteiger partial charge in [-0.05, 0) is 25.3 Å². The van der Waals surface area contributed by atoms with Crippen LogP contribution in [0.15, 0.2) is 53.5 Å². The van der Waals surface area contributed by atoms with E-state index in [9.17, 15) is 31.9 Å². The smallest absolute Gasteiger partial charge is 0.369 e. The van der Waals surface area contributed by atoms with Crippen molar-refractivity contribution in [2.45, 2.75) is 38.0 Å². The fourth-order valence-corrected chi connectivity index (χ4v) is 4.36. The Bertz CT molecular complexity index is 1170. The second-order valence-electron chi connectivity index (χ2n) is 8.51. The third-order valence-corrected chi connectivity index (χ3v) is 6.24. The van der Waals surface area contributed by atoms with Crippen LogP contribution in [-0.4, -0.2) is 42.4 Å². The van der Waals surface area contributed by atoms with Crippen LogP contribution < -0.4 is 16.4 Å². The number of benzene rings is 2. The summed E-state index contributed by atoms with van der Waals surface area (Å²) in [6.45, 7) is -0.841. The molecular formula is C25H25ClF4N4O3. The van der Waals surface area contributed by atoms with E-state index in [-0.39, 0.29) is 23.6 Å². The van der Waals surface area contributed by atoms with Gasteiger partial charge in [-0.1, -0.05) is 54.1 Å². The second kappa shape index (κ2) is 12.2. The molecule has 4 N–H and O–H groups in total. The van der Waals surface area contributed by atoms with Crippen molar-refractivity contribution in [2.24, 2.45) is 22.6 Å². The van der Waals surface area contributed by atoms with Gasteiger partial charge in [0.2, 0.25) is 18.0 Å². The number of halogens is 5. The van der Waals surface area contributed by atoms with Gasteiger partial charge in [0, 0.05) is 29.4 Å². The molecule has 1 heterocycles. The summed E-state index contributed by atoms with van der Waals surface area (Å²) in [5, 5.41) is 5.18. The quantitative estimate of drug-likeness (QED) is 0.389. The van der Waals surface area contributed by atoms with Crippen LogP contribution in [0.5, 0.6) is 0 Å². The van der Waals surface area contributed by atoms with Gasteiger partial charge in [-0.3, -0.25) is 18.8 Å². The van der Waals surface area contributed by atoms with Crippen LogP contribution in [0.4, 0.5) is 23.2 Å². The fourth-order valence-electron chi connectivity index (χ4n) is 4.14. The minimum Gasteiger partial charge on any atom is -0.369 e. The van der Waals surface area contributed by atoms with E-state index in [1.165, 1.54) is 0 Å². The summed E-state index contributed by atoms with van der Waals surface area (Å²) < 4.78 is 51.8. The van der Waals surface area contributed by atoms with E-state index in [2.05, 4.69) is 15.6 Å². The van der Waals surface area contributed by atoms with Crippen molar-refractivity contribution in [3.63, 3.8) is 0 Å². The van der Waals surface area contributed by atoms with Crippen molar-refractivity contribution in [1.82, 2.24) is 5.32 Å². The molecule has 0 aliphatic carbocycles. The van der Waals surface area contributed by atoms with Crippen LogP contribution in [0.1, 0.15) is 36.8 Å². The highest BCUT2D eigenvalue weighted by Gasteiger charge is 2.38. The lowest BCUT2D eigenvalue weighted by atomic mass is 9.83. The number of primary amides is 1. The van der Waals surface area contributed by atoms with Crippen molar-refractivity contribution >= 4 is 40.7 Å².